The van der Waals surface area contributed by atoms with E-state index in [1.54, 1.807) is 26.8 Å². The third-order valence-corrected chi connectivity index (χ3v) is 2.65. The Kier molecular flexibility index (Phi) is 5.46. The molecule has 1 unspecified atom stereocenters. The Labute approximate surface area is 127 Å². The van der Waals surface area contributed by atoms with Crippen molar-refractivity contribution in [2.75, 3.05) is 0 Å². The molecule has 0 heterocycles. The Morgan fingerprint density at radius 1 is 1.23 bits per heavy atom. The van der Waals surface area contributed by atoms with Crippen LogP contribution < -0.4 is 5.32 Å². The van der Waals surface area contributed by atoms with Crippen molar-refractivity contribution in [1.82, 2.24) is 5.32 Å². The Balaban J connectivity index is 2.80. The molecule has 22 heavy (non-hydrogen) atoms. The molecule has 0 spiro atoms. The molecular weight excluding hydrogens is 296 g/mol. The molecule has 122 valence electrons. The molecule has 1 aromatic rings. The van der Waals surface area contributed by atoms with E-state index in [2.05, 4.69) is 0 Å². The molecular formula is C15H19F2NO4. The largest absolute Gasteiger partial charge is 0.480 e. The van der Waals surface area contributed by atoms with Gasteiger partial charge < -0.3 is 15.2 Å². The van der Waals surface area contributed by atoms with Crippen molar-refractivity contribution in [1.29, 1.82) is 0 Å². The summed E-state index contributed by atoms with van der Waals surface area (Å²) in [4.78, 5) is 22.7. The van der Waals surface area contributed by atoms with E-state index in [4.69, 9.17) is 9.84 Å². The Morgan fingerprint density at radius 3 is 2.23 bits per heavy atom. The van der Waals surface area contributed by atoms with Crippen LogP contribution in [0.25, 0.3) is 0 Å². The molecule has 1 aromatic carbocycles. The standard InChI is InChI=1S/C15H19F2NO4/c1-14(2,3)22-13(21)18-11(12(19)20)9-15(16,17)10-7-5-4-6-8-10/h4-8,11H,9H2,1-3H3,(H,18,21)(H,19,20). The summed E-state index contributed by atoms with van der Waals surface area (Å²) >= 11 is 0. The summed E-state index contributed by atoms with van der Waals surface area (Å²) < 4.78 is 33.1. The molecule has 1 rings (SSSR count). The number of hydrogen-bond acceptors (Lipinski definition) is 3. The lowest BCUT2D eigenvalue weighted by molar-refractivity contribution is -0.142. The highest BCUT2D eigenvalue weighted by Crippen LogP contribution is 2.32. The van der Waals surface area contributed by atoms with Crippen molar-refractivity contribution in [3.05, 3.63) is 35.9 Å². The van der Waals surface area contributed by atoms with Crippen LogP contribution >= 0.6 is 0 Å². The fraction of sp³-hybridized carbons (Fsp3) is 0.467. The molecule has 0 aliphatic rings. The molecule has 0 aliphatic heterocycles. The number of carboxylic acid groups (broad SMARTS) is 1. The number of alkyl carbamates (subject to hydrolysis) is 1. The van der Waals surface area contributed by atoms with Gasteiger partial charge >= 0.3 is 12.1 Å². The number of halogens is 2. The highest BCUT2D eigenvalue weighted by molar-refractivity contribution is 5.80. The topological polar surface area (TPSA) is 75.6 Å². The van der Waals surface area contributed by atoms with Gasteiger partial charge in [0.25, 0.3) is 5.92 Å². The van der Waals surface area contributed by atoms with Gasteiger partial charge in [-0.15, -0.1) is 0 Å². The summed E-state index contributed by atoms with van der Waals surface area (Å²) in [5.74, 6) is -4.94. The number of alkyl halides is 2. The first kappa shape index (κ1) is 17.9. The molecule has 0 saturated carbocycles. The zero-order chi connectivity index (χ0) is 17.0. The normalized spacial score (nSPS) is 13.3. The van der Waals surface area contributed by atoms with Crippen LogP contribution in [-0.2, 0) is 15.5 Å². The fourth-order valence-electron chi connectivity index (χ4n) is 1.71. The summed E-state index contributed by atoms with van der Waals surface area (Å²) in [6.07, 6.45) is -2.12. The van der Waals surface area contributed by atoms with Crippen molar-refractivity contribution >= 4 is 12.1 Å². The second kappa shape index (κ2) is 6.72. The highest BCUT2D eigenvalue weighted by atomic mass is 19.3. The first-order valence-corrected chi connectivity index (χ1v) is 6.67. The smallest absolute Gasteiger partial charge is 0.408 e. The second-order valence-corrected chi connectivity index (χ2v) is 5.81. The minimum absolute atomic E-state index is 0.313. The monoisotopic (exact) mass is 315 g/mol. The van der Waals surface area contributed by atoms with Gasteiger partial charge in [-0.25, -0.2) is 18.4 Å². The molecule has 0 aromatic heterocycles. The number of amides is 1. The molecule has 5 nitrogen and oxygen atoms in total. The number of rotatable bonds is 5. The minimum Gasteiger partial charge on any atom is -0.480 e. The third kappa shape index (κ3) is 5.67. The maximum atomic E-state index is 14.1. The zero-order valence-electron chi connectivity index (χ0n) is 12.6. The quantitative estimate of drug-likeness (QED) is 0.875. The van der Waals surface area contributed by atoms with Gasteiger partial charge in [-0.2, -0.15) is 0 Å². The van der Waals surface area contributed by atoms with E-state index in [-0.39, 0.29) is 5.56 Å². The van der Waals surface area contributed by atoms with Crippen LogP contribution in [-0.4, -0.2) is 28.8 Å². The molecule has 0 radical (unpaired) electrons. The van der Waals surface area contributed by atoms with E-state index in [0.717, 1.165) is 0 Å². The molecule has 0 bridgehead atoms. The predicted octanol–water partition coefficient (Wildman–Crippen LogP) is 3.15. The first-order chi connectivity index (χ1) is 10.0. The fourth-order valence-corrected chi connectivity index (χ4v) is 1.71. The number of carboxylic acids is 1. The van der Waals surface area contributed by atoms with Crippen molar-refractivity contribution in [2.45, 2.75) is 44.8 Å². The molecule has 0 fully saturated rings. The van der Waals surface area contributed by atoms with Crippen molar-refractivity contribution < 1.29 is 28.2 Å². The summed E-state index contributed by atoms with van der Waals surface area (Å²) in [6, 6.07) is 5.08. The van der Waals surface area contributed by atoms with Gasteiger partial charge in [-0.1, -0.05) is 30.3 Å². The second-order valence-electron chi connectivity index (χ2n) is 5.81. The lowest BCUT2D eigenvalue weighted by Crippen LogP contribution is -2.45. The van der Waals surface area contributed by atoms with Gasteiger partial charge in [0.2, 0.25) is 0 Å². The Bertz CT molecular complexity index is 526. The van der Waals surface area contributed by atoms with Gasteiger partial charge in [0, 0.05) is 12.0 Å². The van der Waals surface area contributed by atoms with E-state index in [1.807, 2.05) is 5.32 Å². The van der Waals surface area contributed by atoms with E-state index in [9.17, 15) is 18.4 Å². The highest BCUT2D eigenvalue weighted by Gasteiger charge is 2.38. The van der Waals surface area contributed by atoms with Gasteiger partial charge in [-0.3, -0.25) is 0 Å². The van der Waals surface area contributed by atoms with E-state index in [0.29, 0.717) is 0 Å². The predicted molar refractivity (Wildman–Crippen MR) is 75.7 cm³/mol. The zero-order valence-corrected chi connectivity index (χ0v) is 12.6. The molecule has 0 aliphatic carbocycles. The lowest BCUT2D eigenvalue weighted by Gasteiger charge is -2.24. The Hall–Kier alpha value is -2.18. The molecule has 0 saturated heterocycles. The van der Waals surface area contributed by atoms with Crippen LogP contribution in [0.1, 0.15) is 32.8 Å². The number of aliphatic carboxylic acids is 1. The summed E-state index contributed by atoms with van der Waals surface area (Å²) in [7, 11) is 0. The van der Waals surface area contributed by atoms with Gasteiger partial charge in [0.15, 0.2) is 0 Å². The van der Waals surface area contributed by atoms with Crippen LogP contribution in [0, 0.1) is 0 Å². The first-order valence-electron chi connectivity index (χ1n) is 6.67. The van der Waals surface area contributed by atoms with E-state index >= 15 is 0 Å². The third-order valence-electron chi connectivity index (χ3n) is 2.65. The average Bonchev–Trinajstić information content (AvgIpc) is 2.36. The van der Waals surface area contributed by atoms with Crippen LogP contribution in [0.5, 0.6) is 0 Å². The van der Waals surface area contributed by atoms with E-state index in [1.165, 1.54) is 24.3 Å². The minimum atomic E-state index is -3.39. The maximum Gasteiger partial charge on any atom is 0.408 e. The van der Waals surface area contributed by atoms with Crippen molar-refractivity contribution in [2.24, 2.45) is 0 Å². The molecule has 2 N–H and O–H groups in total. The maximum absolute atomic E-state index is 14.1. The van der Waals surface area contributed by atoms with Crippen LogP contribution in [0.3, 0.4) is 0 Å². The van der Waals surface area contributed by atoms with Crippen molar-refractivity contribution in [3.63, 3.8) is 0 Å². The van der Waals surface area contributed by atoms with Crippen LogP contribution in [0.2, 0.25) is 0 Å². The summed E-state index contributed by atoms with van der Waals surface area (Å²) in [5.41, 5.74) is -1.16. The Morgan fingerprint density at radius 2 is 1.77 bits per heavy atom. The number of nitrogens with one attached hydrogen (secondary N) is 1. The summed E-state index contributed by atoms with van der Waals surface area (Å²) in [5, 5.41) is 11.0. The number of ether oxygens (including phenoxy) is 1. The lowest BCUT2D eigenvalue weighted by atomic mass is 10.0. The molecule has 1 amide bonds. The van der Waals surface area contributed by atoms with Crippen LogP contribution in [0.4, 0.5) is 13.6 Å². The van der Waals surface area contributed by atoms with Gasteiger partial charge in [0.05, 0.1) is 0 Å². The van der Waals surface area contributed by atoms with Crippen LogP contribution in [0.15, 0.2) is 30.3 Å². The molecule has 1 atom stereocenters. The van der Waals surface area contributed by atoms with Gasteiger partial charge in [0.1, 0.15) is 11.6 Å². The number of benzene rings is 1. The van der Waals surface area contributed by atoms with E-state index < -0.39 is 36.0 Å². The average molecular weight is 315 g/mol. The number of carbonyl (C=O) groups excluding carboxylic acids is 1. The summed E-state index contributed by atoms with van der Waals surface area (Å²) in [6.45, 7) is 4.75. The van der Waals surface area contributed by atoms with Crippen molar-refractivity contribution in [3.8, 4) is 0 Å². The number of hydrogen-bond donors (Lipinski definition) is 2. The SMILES string of the molecule is CC(C)(C)OC(=O)NC(CC(F)(F)c1ccccc1)C(=O)O. The molecule has 7 heteroatoms. The number of carbonyl (C=O) groups is 2. The van der Waals surface area contributed by atoms with Gasteiger partial charge in [-0.05, 0) is 20.8 Å².